The number of aryl methyl sites for hydroxylation is 1. The molecule has 1 aromatic carbocycles. The zero-order chi connectivity index (χ0) is 12.8. The molecule has 1 aromatic heterocycles. The third kappa shape index (κ3) is 3.47. The molecule has 2 rings (SSSR count). The lowest BCUT2D eigenvalue weighted by atomic mass is 10.2. The summed E-state index contributed by atoms with van der Waals surface area (Å²) in [6.45, 7) is 0.278. The number of rotatable bonds is 3. The van der Waals surface area contributed by atoms with Crippen molar-refractivity contribution in [1.82, 2.24) is 20.2 Å². The molecule has 0 atom stereocenters. The Hall–Kier alpha value is -2.06. The van der Waals surface area contributed by atoms with E-state index in [1.807, 2.05) is 24.3 Å². The maximum absolute atomic E-state index is 5.55. The van der Waals surface area contributed by atoms with Crippen molar-refractivity contribution >= 4 is 11.6 Å². The lowest BCUT2D eigenvalue weighted by molar-refractivity contribution is 0.295. The zero-order valence-electron chi connectivity index (χ0n) is 9.80. The molecular weight excluding hydrogens is 252 g/mol. The molecule has 0 saturated heterocycles. The second-order valence-electron chi connectivity index (χ2n) is 3.45. The van der Waals surface area contributed by atoms with Crippen LogP contribution in [0.25, 0.3) is 0 Å². The standard InChI is InChI=1S/C12H11ClN4O/c1-17-15-12(14-16-17)9-18-11-6-2-4-10(8-11)5-3-7-13/h2,4,6,8H,7,9H2,1H3. The molecule has 0 N–H and O–H groups in total. The number of ether oxygens (including phenoxy) is 1. The van der Waals surface area contributed by atoms with Crippen molar-refractivity contribution in [2.45, 2.75) is 6.61 Å². The minimum absolute atomic E-state index is 0.278. The molecule has 0 aliphatic rings. The van der Waals surface area contributed by atoms with Gasteiger partial charge in [0.05, 0.1) is 12.9 Å². The molecule has 18 heavy (non-hydrogen) atoms. The fourth-order valence-electron chi connectivity index (χ4n) is 1.33. The van der Waals surface area contributed by atoms with E-state index in [0.717, 1.165) is 5.56 Å². The molecule has 6 heteroatoms. The monoisotopic (exact) mass is 262 g/mol. The summed E-state index contributed by atoms with van der Waals surface area (Å²) >= 11 is 5.50. The van der Waals surface area contributed by atoms with Gasteiger partial charge in [-0.2, -0.15) is 4.80 Å². The smallest absolute Gasteiger partial charge is 0.212 e. The van der Waals surface area contributed by atoms with Gasteiger partial charge < -0.3 is 4.74 Å². The van der Waals surface area contributed by atoms with Crippen LogP contribution in [0.3, 0.4) is 0 Å². The molecule has 5 nitrogen and oxygen atoms in total. The van der Waals surface area contributed by atoms with Gasteiger partial charge in [0.15, 0.2) is 6.61 Å². The largest absolute Gasteiger partial charge is 0.485 e. The van der Waals surface area contributed by atoms with Crippen molar-refractivity contribution in [3.8, 4) is 17.6 Å². The third-order valence-corrected chi connectivity index (χ3v) is 2.18. The van der Waals surface area contributed by atoms with Crippen LogP contribution in [0.4, 0.5) is 0 Å². The van der Waals surface area contributed by atoms with E-state index in [0.29, 0.717) is 17.5 Å². The Morgan fingerprint density at radius 3 is 3.06 bits per heavy atom. The van der Waals surface area contributed by atoms with E-state index in [1.165, 1.54) is 4.80 Å². The molecular formula is C12H11ClN4O. The highest BCUT2D eigenvalue weighted by molar-refractivity contribution is 6.19. The summed E-state index contributed by atoms with van der Waals surface area (Å²) in [6, 6.07) is 7.46. The number of hydrogen-bond acceptors (Lipinski definition) is 4. The molecule has 0 amide bonds. The van der Waals surface area contributed by atoms with Crippen molar-refractivity contribution < 1.29 is 4.74 Å². The minimum Gasteiger partial charge on any atom is -0.485 e. The molecule has 1 heterocycles. The van der Waals surface area contributed by atoms with Crippen LogP contribution in [0.15, 0.2) is 24.3 Å². The van der Waals surface area contributed by atoms with Crippen LogP contribution >= 0.6 is 11.6 Å². The Kier molecular flexibility index (Phi) is 4.15. The van der Waals surface area contributed by atoms with Crippen molar-refractivity contribution in [1.29, 1.82) is 0 Å². The van der Waals surface area contributed by atoms with E-state index in [2.05, 4.69) is 27.3 Å². The zero-order valence-corrected chi connectivity index (χ0v) is 10.6. The van der Waals surface area contributed by atoms with Crippen LogP contribution in [-0.4, -0.2) is 26.1 Å². The summed E-state index contributed by atoms with van der Waals surface area (Å²) in [6.07, 6.45) is 0. The fraction of sp³-hybridized carbons (Fsp3) is 0.250. The SMILES string of the molecule is Cn1nnc(COc2cccc(C#CCCl)c2)n1. The van der Waals surface area contributed by atoms with Gasteiger partial charge in [0.1, 0.15) is 5.75 Å². The average Bonchev–Trinajstić information content (AvgIpc) is 2.80. The molecule has 92 valence electrons. The number of aromatic nitrogens is 4. The minimum atomic E-state index is 0.278. The van der Waals surface area contributed by atoms with Crippen molar-refractivity contribution in [2.75, 3.05) is 5.88 Å². The average molecular weight is 263 g/mol. The fourth-order valence-corrected chi connectivity index (χ4v) is 1.39. The number of halogens is 1. The summed E-state index contributed by atoms with van der Waals surface area (Å²) in [5.74, 6) is 7.28. The number of benzene rings is 1. The third-order valence-electron chi connectivity index (χ3n) is 2.05. The Morgan fingerprint density at radius 1 is 1.44 bits per heavy atom. The predicted molar refractivity (Wildman–Crippen MR) is 67.2 cm³/mol. The number of tetrazole rings is 1. The normalized spacial score (nSPS) is 9.67. The first kappa shape index (κ1) is 12.4. The van der Waals surface area contributed by atoms with Gasteiger partial charge in [0.25, 0.3) is 0 Å². The van der Waals surface area contributed by atoms with E-state index in [9.17, 15) is 0 Å². The highest BCUT2D eigenvalue weighted by atomic mass is 35.5. The molecule has 0 fully saturated rings. The van der Waals surface area contributed by atoms with Gasteiger partial charge in [-0.25, -0.2) is 0 Å². The summed E-state index contributed by atoms with van der Waals surface area (Å²) in [5.41, 5.74) is 0.861. The van der Waals surface area contributed by atoms with Crippen LogP contribution < -0.4 is 4.74 Å². The molecule has 0 bridgehead atoms. The summed E-state index contributed by atoms with van der Waals surface area (Å²) in [7, 11) is 1.71. The van der Waals surface area contributed by atoms with Gasteiger partial charge in [-0.3, -0.25) is 0 Å². The van der Waals surface area contributed by atoms with Crippen LogP contribution in [0.2, 0.25) is 0 Å². The van der Waals surface area contributed by atoms with Gasteiger partial charge in [-0.15, -0.1) is 21.8 Å². The van der Waals surface area contributed by atoms with Crippen molar-refractivity contribution in [2.24, 2.45) is 7.05 Å². The second-order valence-corrected chi connectivity index (χ2v) is 3.71. The number of alkyl halides is 1. The predicted octanol–water partition coefficient (Wildman–Crippen LogP) is 1.38. The van der Waals surface area contributed by atoms with Gasteiger partial charge >= 0.3 is 0 Å². The van der Waals surface area contributed by atoms with Gasteiger partial charge in [-0.1, -0.05) is 17.9 Å². The number of nitrogens with zero attached hydrogens (tertiary/aromatic N) is 4. The summed E-state index contributed by atoms with van der Waals surface area (Å²) in [5, 5.41) is 11.6. The molecule has 0 aliphatic heterocycles. The Morgan fingerprint density at radius 2 is 2.33 bits per heavy atom. The van der Waals surface area contributed by atoms with Crippen molar-refractivity contribution in [3.63, 3.8) is 0 Å². The second kappa shape index (κ2) is 6.03. The van der Waals surface area contributed by atoms with E-state index in [4.69, 9.17) is 16.3 Å². The molecule has 0 aliphatic carbocycles. The van der Waals surface area contributed by atoms with Crippen LogP contribution in [0, 0.1) is 11.8 Å². The first-order chi connectivity index (χ1) is 8.78. The van der Waals surface area contributed by atoms with Crippen molar-refractivity contribution in [3.05, 3.63) is 35.7 Å². The molecule has 0 saturated carbocycles. The summed E-state index contributed by atoms with van der Waals surface area (Å²) in [4.78, 5) is 1.39. The lowest BCUT2D eigenvalue weighted by Crippen LogP contribution is -1.99. The first-order valence-corrected chi connectivity index (χ1v) is 5.82. The maximum atomic E-state index is 5.55. The highest BCUT2D eigenvalue weighted by Crippen LogP contribution is 2.13. The summed E-state index contributed by atoms with van der Waals surface area (Å²) < 4.78 is 5.55. The quantitative estimate of drug-likeness (QED) is 0.619. The number of hydrogen-bond donors (Lipinski definition) is 0. The van der Waals surface area contributed by atoms with Gasteiger partial charge in [0, 0.05) is 5.56 Å². The maximum Gasteiger partial charge on any atom is 0.212 e. The molecule has 2 aromatic rings. The Bertz CT molecular complexity index is 585. The van der Waals surface area contributed by atoms with Crippen LogP contribution in [0.5, 0.6) is 5.75 Å². The lowest BCUT2D eigenvalue weighted by Gasteiger charge is -2.03. The van der Waals surface area contributed by atoms with E-state index in [-0.39, 0.29) is 6.61 Å². The molecule has 0 spiro atoms. The van der Waals surface area contributed by atoms with E-state index >= 15 is 0 Å². The molecule has 0 unspecified atom stereocenters. The van der Waals surface area contributed by atoms with Crippen LogP contribution in [-0.2, 0) is 13.7 Å². The first-order valence-electron chi connectivity index (χ1n) is 5.28. The topological polar surface area (TPSA) is 52.8 Å². The van der Waals surface area contributed by atoms with Gasteiger partial charge in [-0.05, 0) is 23.4 Å². The van der Waals surface area contributed by atoms with Crippen LogP contribution in [0.1, 0.15) is 11.4 Å². The highest BCUT2D eigenvalue weighted by Gasteiger charge is 2.01. The Labute approximate surface area is 110 Å². The van der Waals surface area contributed by atoms with E-state index < -0.39 is 0 Å². The Balaban J connectivity index is 2.01. The molecule has 0 radical (unpaired) electrons. The van der Waals surface area contributed by atoms with E-state index in [1.54, 1.807) is 7.05 Å². The van der Waals surface area contributed by atoms with Gasteiger partial charge in [0.2, 0.25) is 5.82 Å².